The van der Waals surface area contributed by atoms with Gasteiger partial charge in [-0.2, -0.15) is 0 Å². The van der Waals surface area contributed by atoms with Crippen LogP contribution < -0.4 is 0 Å². The Bertz CT molecular complexity index is 117. The molecule has 1 nitrogen and oxygen atoms in total. The van der Waals surface area contributed by atoms with Gasteiger partial charge in [-0.1, -0.05) is 32.9 Å². The summed E-state index contributed by atoms with van der Waals surface area (Å²) in [6, 6.07) is 0. The van der Waals surface area contributed by atoms with E-state index < -0.39 is 0 Å². The Morgan fingerprint density at radius 2 is 1.73 bits per heavy atom. The fraction of sp³-hybridized carbons (Fsp3) is 0.800. The van der Waals surface area contributed by atoms with Crippen LogP contribution in [0.1, 0.15) is 27.2 Å². The van der Waals surface area contributed by atoms with Crippen LogP contribution in [0.5, 0.6) is 0 Å². The zero-order valence-corrected chi connectivity index (χ0v) is 8.52. The molecule has 0 aromatic heterocycles. The van der Waals surface area contributed by atoms with Gasteiger partial charge in [-0.05, 0) is 25.9 Å². The molecule has 0 aromatic rings. The minimum Gasteiger partial charge on any atom is -0.309 e. The van der Waals surface area contributed by atoms with E-state index in [1.165, 1.54) is 0 Å². The first-order valence-electron chi connectivity index (χ1n) is 4.24. The van der Waals surface area contributed by atoms with E-state index in [4.69, 9.17) is 0 Å². The molecule has 0 aliphatic heterocycles. The normalized spacial score (nSPS) is 13.3. The summed E-state index contributed by atoms with van der Waals surface area (Å²) < 4.78 is 0. The third-order valence-corrected chi connectivity index (χ3v) is 1.36. The lowest BCUT2D eigenvalue weighted by molar-refractivity contribution is 0.416. The van der Waals surface area contributed by atoms with Gasteiger partial charge in [0.05, 0.1) is 0 Å². The molecule has 0 aliphatic carbocycles. The largest absolute Gasteiger partial charge is 0.309 e. The Kier molecular flexibility index (Phi) is 4.43. The van der Waals surface area contributed by atoms with E-state index in [2.05, 4.69) is 51.9 Å². The standard InChI is InChI=1S/C10H21N/c1-10(2,3)8-6-7-9-11(4)5/h6,8H,7,9H2,1-5H3/b8-6+. The quantitative estimate of drug-likeness (QED) is 0.566. The summed E-state index contributed by atoms with van der Waals surface area (Å²) in [5.74, 6) is 0. The molecule has 0 spiro atoms. The summed E-state index contributed by atoms with van der Waals surface area (Å²) in [6.07, 6.45) is 5.70. The van der Waals surface area contributed by atoms with E-state index in [1.807, 2.05) is 0 Å². The molecular weight excluding hydrogens is 134 g/mol. The van der Waals surface area contributed by atoms with Gasteiger partial charge in [-0.3, -0.25) is 0 Å². The molecule has 0 aliphatic rings. The molecule has 0 amide bonds. The number of rotatable bonds is 3. The maximum Gasteiger partial charge on any atom is 0.000981 e. The molecule has 0 fully saturated rings. The monoisotopic (exact) mass is 155 g/mol. The zero-order chi connectivity index (χ0) is 8.91. The molecule has 0 radical (unpaired) electrons. The maximum atomic E-state index is 2.27. The Morgan fingerprint density at radius 3 is 2.09 bits per heavy atom. The fourth-order valence-electron chi connectivity index (χ4n) is 0.770. The SMILES string of the molecule is CN(C)CC/C=C/C(C)(C)C. The highest BCUT2D eigenvalue weighted by molar-refractivity contribution is 4.92. The molecule has 0 atom stereocenters. The first-order chi connectivity index (χ1) is 4.92. The highest BCUT2D eigenvalue weighted by Gasteiger charge is 2.02. The lowest BCUT2D eigenvalue weighted by atomic mass is 9.96. The predicted octanol–water partition coefficient (Wildman–Crippen LogP) is 2.54. The van der Waals surface area contributed by atoms with Crippen LogP contribution in [0.15, 0.2) is 12.2 Å². The Labute approximate surface area is 71.1 Å². The van der Waals surface area contributed by atoms with E-state index in [-0.39, 0.29) is 0 Å². The molecule has 0 rings (SSSR count). The van der Waals surface area contributed by atoms with Crippen molar-refractivity contribution in [3.63, 3.8) is 0 Å². The van der Waals surface area contributed by atoms with Crippen molar-refractivity contribution >= 4 is 0 Å². The van der Waals surface area contributed by atoms with Crippen molar-refractivity contribution in [2.75, 3.05) is 20.6 Å². The van der Waals surface area contributed by atoms with E-state index in [9.17, 15) is 0 Å². The predicted molar refractivity (Wildman–Crippen MR) is 51.8 cm³/mol. The van der Waals surface area contributed by atoms with Crippen LogP contribution in [-0.4, -0.2) is 25.5 Å². The first-order valence-corrected chi connectivity index (χ1v) is 4.24. The van der Waals surface area contributed by atoms with Crippen molar-refractivity contribution in [1.82, 2.24) is 4.90 Å². The van der Waals surface area contributed by atoms with E-state index in [1.54, 1.807) is 0 Å². The third-order valence-electron chi connectivity index (χ3n) is 1.36. The van der Waals surface area contributed by atoms with Crippen LogP contribution in [0.25, 0.3) is 0 Å². The van der Waals surface area contributed by atoms with Crippen LogP contribution in [0.4, 0.5) is 0 Å². The van der Waals surface area contributed by atoms with E-state index >= 15 is 0 Å². The summed E-state index contributed by atoms with van der Waals surface area (Å²) in [5.41, 5.74) is 0.340. The molecule has 11 heavy (non-hydrogen) atoms. The molecule has 0 N–H and O–H groups in total. The van der Waals surface area contributed by atoms with Crippen LogP contribution in [0, 0.1) is 5.41 Å². The second-order valence-electron chi connectivity index (χ2n) is 4.36. The smallest absolute Gasteiger partial charge is 0.000981 e. The topological polar surface area (TPSA) is 3.24 Å². The van der Waals surface area contributed by atoms with Crippen molar-refractivity contribution in [3.05, 3.63) is 12.2 Å². The van der Waals surface area contributed by atoms with Gasteiger partial charge in [0.2, 0.25) is 0 Å². The van der Waals surface area contributed by atoms with Gasteiger partial charge in [0.1, 0.15) is 0 Å². The van der Waals surface area contributed by atoms with Crippen LogP contribution in [-0.2, 0) is 0 Å². The van der Waals surface area contributed by atoms with Crippen LogP contribution in [0.2, 0.25) is 0 Å². The van der Waals surface area contributed by atoms with Gasteiger partial charge in [-0.15, -0.1) is 0 Å². The summed E-state index contributed by atoms with van der Waals surface area (Å²) in [7, 11) is 4.20. The lowest BCUT2D eigenvalue weighted by Crippen LogP contribution is -2.12. The molecule has 0 bridgehead atoms. The van der Waals surface area contributed by atoms with Gasteiger partial charge in [-0.25, -0.2) is 0 Å². The highest BCUT2D eigenvalue weighted by atomic mass is 15.0. The molecular formula is C10H21N. The second kappa shape index (κ2) is 4.55. The Hall–Kier alpha value is -0.300. The van der Waals surface area contributed by atoms with Gasteiger partial charge >= 0.3 is 0 Å². The van der Waals surface area contributed by atoms with Crippen molar-refractivity contribution in [2.45, 2.75) is 27.2 Å². The van der Waals surface area contributed by atoms with Crippen molar-refractivity contribution in [1.29, 1.82) is 0 Å². The summed E-state index contributed by atoms with van der Waals surface area (Å²) in [4.78, 5) is 2.20. The molecule has 0 saturated carbocycles. The molecule has 0 unspecified atom stereocenters. The molecule has 0 aromatic carbocycles. The van der Waals surface area contributed by atoms with Crippen molar-refractivity contribution in [3.8, 4) is 0 Å². The zero-order valence-electron chi connectivity index (χ0n) is 8.52. The lowest BCUT2D eigenvalue weighted by Gasteiger charge is -2.11. The molecule has 1 heteroatoms. The highest BCUT2D eigenvalue weighted by Crippen LogP contribution is 2.14. The first kappa shape index (κ1) is 10.7. The number of hydrogen-bond acceptors (Lipinski definition) is 1. The Morgan fingerprint density at radius 1 is 1.18 bits per heavy atom. The Balaban J connectivity index is 3.46. The van der Waals surface area contributed by atoms with Crippen molar-refractivity contribution < 1.29 is 0 Å². The van der Waals surface area contributed by atoms with Gasteiger partial charge in [0.25, 0.3) is 0 Å². The van der Waals surface area contributed by atoms with Gasteiger partial charge in [0.15, 0.2) is 0 Å². The average molecular weight is 155 g/mol. The van der Waals surface area contributed by atoms with Crippen molar-refractivity contribution in [2.24, 2.45) is 5.41 Å². The minimum atomic E-state index is 0.340. The second-order valence-corrected chi connectivity index (χ2v) is 4.36. The van der Waals surface area contributed by atoms with E-state index in [0.717, 1.165) is 13.0 Å². The van der Waals surface area contributed by atoms with E-state index in [0.29, 0.717) is 5.41 Å². The van der Waals surface area contributed by atoms with Crippen LogP contribution in [0.3, 0.4) is 0 Å². The minimum absolute atomic E-state index is 0.340. The summed E-state index contributed by atoms with van der Waals surface area (Å²) >= 11 is 0. The van der Waals surface area contributed by atoms with Gasteiger partial charge in [0, 0.05) is 6.54 Å². The average Bonchev–Trinajstić information content (AvgIpc) is 1.78. The molecule has 0 heterocycles. The number of nitrogens with zero attached hydrogens (tertiary/aromatic N) is 1. The van der Waals surface area contributed by atoms with Gasteiger partial charge < -0.3 is 4.90 Å². The summed E-state index contributed by atoms with van der Waals surface area (Å²) in [6.45, 7) is 7.81. The maximum absolute atomic E-state index is 2.27. The number of hydrogen-bond donors (Lipinski definition) is 0. The summed E-state index contributed by atoms with van der Waals surface area (Å²) in [5, 5.41) is 0. The fourth-order valence-corrected chi connectivity index (χ4v) is 0.770. The number of allylic oxidation sites excluding steroid dienone is 1. The molecule has 0 saturated heterocycles. The molecule has 66 valence electrons. The van der Waals surface area contributed by atoms with Crippen LogP contribution >= 0.6 is 0 Å². The third kappa shape index (κ3) is 9.70.